The summed E-state index contributed by atoms with van der Waals surface area (Å²) in [6.07, 6.45) is 1.10. The number of carbonyl (C=O) groups is 1. The molecule has 3 nitrogen and oxygen atoms in total. The average molecular weight is 304 g/mol. The molecule has 21 heavy (non-hydrogen) atoms. The molecule has 0 fully saturated rings. The molecular weight excluding hydrogens is 286 g/mol. The Morgan fingerprint density at radius 2 is 1.95 bits per heavy atom. The van der Waals surface area contributed by atoms with Crippen LogP contribution in [-0.4, -0.2) is 12.5 Å². The van der Waals surface area contributed by atoms with Crippen molar-refractivity contribution >= 4 is 23.2 Å². The van der Waals surface area contributed by atoms with E-state index in [0.717, 1.165) is 17.0 Å². The molecule has 0 aliphatic carbocycles. The Hall–Kier alpha value is -2.00. The van der Waals surface area contributed by atoms with Crippen LogP contribution in [0.15, 0.2) is 48.5 Å². The minimum Gasteiger partial charge on any atom is -0.493 e. The van der Waals surface area contributed by atoms with Crippen molar-refractivity contribution in [3.05, 3.63) is 59.1 Å². The summed E-state index contributed by atoms with van der Waals surface area (Å²) in [5.41, 5.74) is 1.81. The van der Waals surface area contributed by atoms with E-state index in [1.807, 2.05) is 49.4 Å². The second kappa shape index (κ2) is 7.70. The first-order chi connectivity index (χ1) is 10.1. The van der Waals surface area contributed by atoms with Crippen LogP contribution in [0, 0.1) is 6.92 Å². The van der Waals surface area contributed by atoms with Gasteiger partial charge in [0.2, 0.25) is 5.91 Å². The van der Waals surface area contributed by atoms with E-state index in [0.29, 0.717) is 24.5 Å². The van der Waals surface area contributed by atoms with Crippen molar-refractivity contribution in [2.24, 2.45) is 0 Å². The summed E-state index contributed by atoms with van der Waals surface area (Å²) in [6, 6.07) is 14.9. The van der Waals surface area contributed by atoms with Crippen LogP contribution in [0.1, 0.15) is 18.4 Å². The van der Waals surface area contributed by atoms with Crippen molar-refractivity contribution in [1.82, 2.24) is 0 Å². The molecule has 1 amide bonds. The number of nitrogens with one attached hydrogen (secondary N) is 1. The summed E-state index contributed by atoms with van der Waals surface area (Å²) in [5, 5.41) is 3.54. The van der Waals surface area contributed by atoms with E-state index >= 15 is 0 Å². The Kier molecular flexibility index (Phi) is 5.64. The molecule has 0 aliphatic rings. The summed E-state index contributed by atoms with van der Waals surface area (Å²) >= 11 is 5.89. The number of hydrogen-bond acceptors (Lipinski definition) is 2. The number of hydrogen-bond donors (Lipinski definition) is 1. The van der Waals surface area contributed by atoms with Gasteiger partial charge in [-0.15, -0.1) is 0 Å². The first kappa shape index (κ1) is 15.4. The fraction of sp³-hybridized carbons (Fsp3) is 0.235. The van der Waals surface area contributed by atoms with Gasteiger partial charge in [-0.05, 0) is 49.2 Å². The number of amides is 1. The Morgan fingerprint density at radius 1 is 1.19 bits per heavy atom. The Labute approximate surface area is 129 Å². The summed E-state index contributed by atoms with van der Waals surface area (Å²) in [7, 11) is 0. The smallest absolute Gasteiger partial charge is 0.224 e. The molecule has 0 atom stereocenters. The predicted molar refractivity (Wildman–Crippen MR) is 86.0 cm³/mol. The third-order valence-electron chi connectivity index (χ3n) is 3.00. The SMILES string of the molecule is Cc1cc(Cl)ccc1OCCCC(=O)Nc1ccccc1. The number of benzene rings is 2. The highest BCUT2D eigenvalue weighted by Gasteiger charge is 2.04. The van der Waals surface area contributed by atoms with Crippen molar-refractivity contribution in [2.75, 3.05) is 11.9 Å². The van der Waals surface area contributed by atoms with Gasteiger partial charge in [0.15, 0.2) is 0 Å². The lowest BCUT2D eigenvalue weighted by Crippen LogP contribution is -2.12. The Balaban J connectivity index is 1.71. The van der Waals surface area contributed by atoms with Crippen molar-refractivity contribution in [1.29, 1.82) is 0 Å². The second-order valence-corrected chi connectivity index (χ2v) is 5.21. The third kappa shape index (κ3) is 5.12. The van der Waals surface area contributed by atoms with Gasteiger partial charge in [0, 0.05) is 17.1 Å². The first-order valence-corrected chi connectivity index (χ1v) is 7.27. The van der Waals surface area contributed by atoms with Gasteiger partial charge in [-0.3, -0.25) is 4.79 Å². The molecule has 0 saturated heterocycles. The van der Waals surface area contributed by atoms with Crippen molar-refractivity contribution < 1.29 is 9.53 Å². The number of para-hydroxylation sites is 1. The molecule has 0 radical (unpaired) electrons. The fourth-order valence-corrected chi connectivity index (χ4v) is 2.16. The highest BCUT2D eigenvalue weighted by Crippen LogP contribution is 2.21. The molecule has 1 N–H and O–H groups in total. The lowest BCUT2D eigenvalue weighted by atomic mass is 10.2. The molecule has 2 aromatic carbocycles. The number of anilines is 1. The molecule has 2 rings (SSSR count). The largest absolute Gasteiger partial charge is 0.493 e. The molecule has 0 unspecified atom stereocenters. The minimum atomic E-state index is -0.00220. The van der Waals surface area contributed by atoms with Gasteiger partial charge in [-0.25, -0.2) is 0 Å². The summed E-state index contributed by atoms with van der Waals surface area (Å²) in [6.45, 7) is 2.45. The molecule has 0 spiro atoms. The van der Waals surface area contributed by atoms with Crippen LogP contribution in [0.2, 0.25) is 5.02 Å². The standard InChI is InChI=1S/C17H18ClNO2/c1-13-12-14(18)9-10-16(13)21-11-5-8-17(20)19-15-6-3-2-4-7-15/h2-4,6-7,9-10,12H,5,8,11H2,1H3,(H,19,20). The summed E-state index contributed by atoms with van der Waals surface area (Å²) in [5.74, 6) is 0.806. The minimum absolute atomic E-state index is 0.00220. The molecule has 0 aromatic heterocycles. The predicted octanol–water partition coefficient (Wildman–Crippen LogP) is 4.45. The number of halogens is 1. The maximum Gasteiger partial charge on any atom is 0.224 e. The van der Waals surface area contributed by atoms with E-state index in [2.05, 4.69) is 5.32 Å². The third-order valence-corrected chi connectivity index (χ3v) is 3.24. The lowest BCUT2D eigenvalue weighted by molar-refractivity contribution is -0.116. The summed E-state index contributed by atoms with van der Waals surface area (Å²) < 4.78 is 5.65. The quantitative estimate of drug-likeness (QED) is 0.801. The first-order valence-electron chi connectivity index (χ1n) is 6.89. The zero-order valence-corrected chi connectivity index (χ0v) is 12.7. The molecular formula is C17H18ClNO2. The van der Waals surface area contributed by atoms with Gasteiger partial charge in [0.1, 0.15) is 5.75 Å². The molecule has 0 heterocycles. The van der Waals surface area contributed by atoms with Gasteiger partial charge in [-0.1, -0.05) is 29.8 Å². The zero-order chi connectivity index (χ0) is 15.1. The van der Waals surface area contributed by atoms with E-state index in [4.69, 9.17) is 16.3 Å². The number of rotatable bonds is 6. The highest BCUT2D eigenvalue weighted by atomic mass is 35.5. The lowest BCUT2D eigenvalue weighted by Gasteiger charge is -2.09. The average Bonchev–Trinajstić information content (AvgIpc) is 2.46. The Morgan fingerprint density at radius 3 is 2.67 bits per heavy atom. The second-order valence-electron chi connectivity index (χ2n) is 4.78. The van der Waals surface area contributed by atoms with Gasteiger partial charge < -0.3 is 10.1 Å². The van der Waals surface area contributed by atoms with Crippen LogP contribution < -0.4 is 10.1 Å². The summed E-state index contributed by atoms with van der Waals surface area (Å²) in [4.78, 5) is 11.8. The van der Waals surface area contributed by atoms with E-state index in [1.54, 1.807) is 6.07 Å². The van der Waals surface area contributed by atoms with Gasteiger partial charge >= 0.3 is 0 Å². The van der Waals surface area contributed by atoms with Crippen LogP contribution in [0.25, 0.3) is 0 Å². The maximum atomic E-state index is 11.8. The number of carbonyl (C=O) groups excluding carboxylic acids is 1. The topological polar surface area (TPSA) is 38.3 Å². The van der Waals surface area contributed by atoms with Crippen LogP contribution in [0.5, 0.6) is 5.75 Å². The Bertz CT molecular complexity index is 599. The molecule has 0 saturated carbocycles. The maximum absolute atomic E-state index is 11.8. The van der Waals surface area contributed by atoms with Crippen molar-refractivity contribution in [3.63, 3.8) is 0 Å². The van der Waals surface area contributed by atoms with Crippen molar-refractivity contribution in [2.45, 2.75) is 19.8 Å². The normalized spacial score (nSPS) is 10.2. The molecule has 0 aliphatic heterocycles. The van der Waals surface area contributed by atoms with Gasteiger partial charge in [0.05, 0.1) is 6.61 Å². The molecule has 110 valence electrons. The van der Waals surface area contributed by atoms with Crippen LogP contribution in [0.3, 0.4) is 0 Å². The number of aryl methyl sites for hydroxylation is 1. The van der Waals surface area contributed by atoms with Gasteiger partial charge in [0.25, 0.3) is 0 Å². The number of ether oxygens (including phenoxy) is 1. The highest BCUT2D eigenvalue weighted by molar-refractivity contribution is 6.30. The molecule has 0 bridgehead atoms. The monoisotopic (exact) mass is 303 g/mol. The fourth-order valence-electron chi connectivity index (χ4n) is 1.93. The van der Waals surface area contributed by atoms with Crippen molar-refractivity contribution in [3.8, 4) is 5.75 Å². The van der Waals surface area contributed by atoms with E-state index in [1.165, 1.54) is 0 Å². The molecule has 4 heteroatoms. The van der Waals surface area contributed by atoms with Crippen LogP contribution >= 0.6 is 11.6 Å². The van der Waals surface area contributed by atoms with Crippen LogP contribution in [-0.2, 0) is 4.79 Å². The van der Waals surface area contributed by atoms with E-state index in [-0.39, 0.29) is 5.91 Å². The van der Waals surface area contributed by atoms with E-state index < -0.39 is 0 Å². The van der Waals surface area contributed by atoms with Gasteiger partial charge in [-0.2, -0.15) is 0 Å². The van der Waals surface area contributed by atoms with Crippen LogP contribution in [0.4, 0.5) is 5.69 Å². The molecule has 2 aromatic rings. The zero-order valence-electron chi connectivity index (χ0n) is 11.9. The van der Waals surface area contributed by atoms with E-state index in [9.17, 15) is 4.79 Å².